The van der Waals surface area contributed by atoms with Gasteiger partial charge in [0.25, 0.3) is 0 Å². The fourth-order valence-electron chi connectivity index (χ4n) is 2.28. The van der Waals surface area contributed by atoms with E-state index in [2.05, 4.69) is 5.32 Å². The van der Waals surface area contributed by atoms with Crippen LogP contribution in [0.5, 0.6) is 23.0 Å². The van der Waals surface area contributed by atoms with E-state index in [0.29, 0.717) is 28.7 Å². The predicted molar refractivity (Wildman–Crippen MR) is 91.4 cm³/mol. The van der Waals surface area contributed by atoms with E-state index in [9.17, 15) is 4.79 Å². The van der Waals surface area contributed by atoms with Gasteiger partial charge in [-0.1, -0.05) is 6.07 Å². The molecule has 2 rings (SSSR count). The summed E-state index contributed by atoms with van der Waals surface area (Å²) < 4.78 is 20.9. The minimum atomic E-state index is -0.172. The molecule has 1 N–H and O–H groups in total. The predicted octanol–water partition coefficient (Wildman–Crippen LogP) is 2.90. The Morgan fingerprint density at radius 3 is 2.12 bits per heavy atom. The molecule has 0 atom stereocenters. The minimum absolute atomic E-state index is 0.172. The number of carbonyl (C=O) groups excluding carboxylic acids is 1. The molecule has 128 valence electrons. The second-order valence-corrected chi connectivity index (χ2v) is 4.98. The molecule has 0 aliphatic carbocycles. The first kappa shape index (κ1) is 17.5. The molecular weight excluding hydrogens is 310 g/mol. The van der Waals surface area contributed by atoms with Crippen LogP contribution in [-0.4, -0.2) is 34.3 Å². The van der Waals surface area contributed by atoms with Crippen molar-refractivity contribution in [3.05, 3.63) is 42.0 Å². The highest BCUT2D eigenvalue weighted by atomic mass is 16.5. The Morgan fingerprint density at radius 1 is 0.833 bits per heavy atom. The maximum atomic E-state index is 12.3. The molecule has 0 saturated carbocycles. The Labute approximate surface area is 141 Å². The summed E-state index contributed by atoms with van der Waals surface area (Å²) in [7, 11) is 6.24. The van der Waals surface area contributed by atoms with Crippen molar-refractivity contribution >= 4 is 11.6 Å². The third-order valence-corrected chi connectivity index (χ3v) is 3.49. The highest BCUT2D eigenvalue weighted by Crippen LogP contribution is 2.30. The monoisotopic (exact) mass is 331 g/mol. The summed E-state index contributed by atoms with van der Waals surface area (Å²) in [6.45, 7) is 0. The van der Waals surface area contributed by atoms with Crippen molar-refractivity contribution in [2.24, 2.45) is 0 Å². The van der Waals surface area contributed by atoms with Gasteiger partial charge in [0.1, 0.15) is 11.5 Å². The van der Waals surface area contributed by atoms with Crippen LogP contribution in [0, 0.1) is 0 Å². The summed E-state index contributed by atoms with van der Waals surface area (Å²) in [5, 5.41) is 2.83. The van der Waals surface area contributed by atoms with Gasteiger partial charge in [0, 0.05) is 6.07 Å². The Balaban J connectivity index is 2.13. The molecule has 0 aliphatic rings. The lowest BCUT2D eigenvalue weighted by atomic mass is 10.1. The maximum Gasteiger partial charge on any atom is 0.228 e. The third-order valence-electron chi connectivity index (χ3n) is 3.49. The Bertz CT molecular complexity index is 715. The highest BCUT2D eigenvalue weighted by molar-refractivity contribution is 5.94. The van der Waals surface area contributed by atoms with Crippen molar-refractivity contribution in [1.29, 1.82) is 0 Å². The van der Waals surface area contributed by atoms with Crippen molar-refractivity contribution in [1.82, 2.24) is 0 Å². The Morgan fingerprint density at radius 2 is 1.50 bits per heavy atom. The first-order valence-corrected chi connectivity index (χ1v) is 7.34. The van der Waals surface area contributed by atoms with Crippen LogP contribution in [0.1, 0.15) is 5.56 Å². The van der Waals surface area contributed by atoms with Crippen LogP contribution in [0.15, 0.2) is 36.4 Å². The molecule has 2 aromatic rings. The van der Waals surface area contributed by atoms with Crippen molar-refractivity contribution in [3.63, 3.8) is 0 Å². The average Bonchev–Trinajstić information content (AvgIpc) is 2.61. The van der Waals surface area contributed by atoms with Gasteiger partial charge in [-0.25, -0.2) is 0 Å². The summed E-state index contributed by atoms with van der Waals surface area (Å²) in [6.07, 6.45) is 0.195. The van der Waals surface area contributed by atoms with E-state index in [1.165, 1.54) is 0 Å². The lowest BCUT2D eigenvalue weighted by molar-refractivity contribution is -0.115. The number of hydrogen-bond donors (Lipinski definition) is 1. The summed E-state index contributed by atoms with van der Waals surface area (Å²) in [4.78, 5) is 12.3. The van der Waals surface area contributed by atoms with Gasteiger partial charge in [-0.2, -0.15) is 0 Å². The quantitative estimate of drug-likeness (QED) is 0.845. The number of anilines is 1. The second-order valence-electron chi connectivity index (χ2n) is 4.98. The molecule has 0 bridgehead atoms. The number of methoxy groups -OCH3 is 4. The molecular formula is C18H21NO5. The average molecular weight is 331 g/mol. The van der Waals surface area contributed by atoms with Gasteiger partial charge in [0.2, 0.25) is 5.91 Å². The van der Waals surface area contributed by atoms with E-state index in [-0.39, 0.29) is 12.3 Å². The van der Waals surface area contributed by atoms with Gasteiger partial charge in [-0.3, -0.25) is 4.79 Å². The van der Waals surface area contributed by atoms with Crippen LogP contribution >= 0.6 is 0 Å². The number of hydrogen-bond acceptors (Lipinski definition) is 5. The lowest BCUT2D eigenvalue weighted by Gasteiger charge is -2.12. The lowest BCUT2D eigenvalue weighted by Crippen LogP contribution is -2.15. The highest BCUT2D eigenvalue weighted by Gasteiger charge is 2.11. The van der Waals surface area contributed by atoms with Crippen molar-refractivity contribution in [2.45, 2.75) is 6.42 Å². The van der Waals surface area contributed by atoms with E-state index in [1.807, 2.05) is 6.07 Å². The zero-order valence-corrected chi connectivity index (χ0v) is 14.2. The van der Waals surface area contributed by atoms with E-state index in [1.54, 1.807) is 58.8 Å². The number of benzene rings is 2. The number of amides is 1. The van der Waals surface area contributed by atoms with Gasteiger partial charge in [-0.15, -0.1) is 0 Å². The maximum absolute atomic E-state index is 12.3. The first-order valence-electron chi connectivity index (χ1n) is 7.34. The normalized spacial score (nSPS) is 10.0. The number of ether oxygens (including phenoxy) is 4. The standard InChI is InChI=1S/C18H21NO5/c1-21-13-6-8-15(22-2)14(11-13)19-18(20)10-12-5-7-16(23-3)17(9-12)24-4/h5-9,11H,10H2,1-4H3,(H,19,20). The fraction of sp³-hybridized carbons (Fsp3) is 0.278. The molecule has 0 aromatic heterocycles. The van der Waals surface area contributed by atoms with E-state index < -0.39 is 0 Å². The molecule has 0 unspecified atom stereocenters. The molecule has 0 aliphatic heterocycles. The molecule has 0 heterocycles. The van der Waals surface area contributed by atoms with E-state index in [4.69, 9.17) is 18.9 Å². The molecule has 6 heteroatoms. The molecule has 0 fully saturated rings. The molecule has 1 amide bonds. The Kier molecular flexibility index (Phi) is 5.89. The molecule has 6 nitrogen and oxygen atoms in total. The topological polar surface area (TPSA) is 66.0 Å². The smallest absolute Gasteiger partial charge is 0.228 e. The summed E-state index contributed by atoms with van der Waals surface area (Å²) >= 11 is 0. The fourth-order valence-corrected chi connectivity index (χ4v) is 2.28. The van der Waals surface area contributed by atoms with Crippen LogP contribution in [0.2, 0.25) is 0 Å². The summed E-state index contributed by atoms with van der Waals surface area (Å²) in [6, 6.07) is 10.6. The van der Waals surface area contributed by atoms with Gasteiger partial charge >= 0.3 is 0 Å². The van der Waals surface area contributed by atoms with Crippen molar-refractivity contribution in [3.8, 4) is 23.0 Å². The zero-order chi connectivity index (χ0) is 17.5. The van der Waals surface area contributed by atoms with Crippen molar-refractivity contribution in [2.75, 3.05) is 33.8 Å². The minimum Gasteiger partial charge on any atom is -0.497 e. The van der Waals surface area contributed by atoms with Crippen LogP contribution in [0.4, 0.5) is 5.69 Å². The zero-order valence-electron chi connectivity index (χ0n) is 14.2. The van der Waals surface area contributed by atoms with Gasteiger partial charge in [0.05, 0.1) is 40.5 Å². The first-order chi connectivity index (χ1) is 11.6. The van der Waals surface area contributed by atoms with Crippen LogP contribution in [-0.2, 0) is 11.2 Å². The van der Waals surface area contributed by atoms with Crippen LogP contribution < -0.4 is 24.3 Å². The third kappa shape index (κ3) is 4.10. The summed E-state index contributed by atoms with van der Waals surface area (Å²) in [5.41, 5.74) is 1.37. The molecule has 0 saturated heterocycles. The van der Waals surface area contributed by atoms with Crippen molar-refractivity contribution < 1.29 is 23.7 Å². The Hall–Kier alpha value is -2.89. The molecule has 24 heavy (non-hydrogen) atoms. The summed E-state index contributed by atoms with van der Waals surface area (Å²) in [5.74, 6) is 2.24. The van der Waals surface area contributed by atoms with Gasteiger partial charge in [-0.05, 0) is 29.8 Å². The van der Waals surface area contributed by atoms with Gasteiger partial charge < -0.3 is 24.3 Å². The number of nitrogens with one attached hydrogen (secondary N) is 1. The molecule has 0 spiro atoms. The second kappa shape index (κ2) is 8.10. The van der Waals surface area contributed by atoms with E-state index in [0.717, 1.165) is 5.56 Å². The van der Waals surface area contributed by atoms with E-state index >= 15 is 0 Å². The number of carbonyl (C=O) groups is 1. The van der Waals surface area contributed by atoms with Gasteiger partial charge in [0.15, 0.2) is 11.5 Å². The number of rotatable bonds is 7. The largest absolute Gasteiger partial charge is 0.497 e. The SMILES string of the molecule is COc1ccc(OC)c(NC(=O)Cc2ccc(OC)c(OC)c2)c1. The molecule has 0 radical (unpaired) electrons. The van der Waals surface area contributed by atoms with Crippen LogP contribution in [0.25, 0.3) is 0 Å². The van der Waals surface area contributed by atoms with Crippen LogP contribution in [0.3, 0.4) is 0 Å². The molecule has 2 aromatic carbocycles.